The van der Waals surface area contributed by atoms with Crippen molar-refractivity contribution in [3.63, 3.8) is 0 Å². The van der Waals surface area contributed by atoms with E-state index in [2.05, 4.69) is 35.5 Å². The average molecular weight is 327 g/mol. The van der Waals surface area contributed by atoms with E-state index in [1.165, 1.54) is 0 Å². The van der Waals surface area contributed by atoms with Crippen LogP contribution in [0.4, 0.5) is 11.6 Å². The van der Waals surface area contributed by atoms with Gasteiger partial charge in [0.2, 0.25) is 5.95 Å². The molecule has 2 aromatic carbocycles. The Morgan fingerprint density at radius 1 is 0.920 bits per heavy atom. The van der Waals surface area contributed by atoms with Crippen molar-refractivity contribution in [2.24, 2.45) is 0 Å². The first-order valence-electron chi connectivity index (χ1n) is 7.82. The van der Waals surface area contributed by atoms with Crippen LogP contribution in [0.5, 0.6) is 0 Å². The van der Waals surface area contributed by atoms with Crippen molar-refractivity contribution in [1.29, 1.82) is 0 Å². The molecule has 7 heteroatoms. The SMILES string of the molecule is c1cc(-c2ccc3[nH]cnc3c2)nc(Nc2ccc3cn[nH]c3c2)n1. The number of nitrogens with zero attached hydrogens (tertiary/aromatic N) is 4. The number of anilines is 2. The smallest absolute Gasteiger partial charge is 0.227 e. The van der Waals surface area contributed by atoms with Crippen molar-refractivity contribution in [1.82, 2.24) is 30.1 Å². The maximum atomic E-state index is 4.61. The summed E-state index contributed by atoms with van der Waals surface area (Å²) in [6.07, 6.45) is 5.22. The molecule has 120 valence electrons. The molecule has 0 unspecified atom stereocenters. The lowest BCUT2D eigenvalue weighted by Crippen LogP contribution is -1.97. The minimum absolute atomic E-state index is 0.540. The Morgan fingerprint density at radius 3 is 2.92 bits per heavy atom. The number of aromatic nitrogens is 6. The molecular formula is C18H13N7. The summed E-state index contributed by atoms with van der Waals surface area (Å²) in [6.45, 7) is 0. The van der Waals surface area contributed by atoms with E-state index in [4.69, 9.17) is 0 Å². The van der Waals surface area contributed by atoms with Crippen LogP contribution in [0.15, 0.2) is 61.2 Å². The third-order valence-electron chi connectivity index (χ3n) is 4.07. The highest BCUT2D eigenvalue weighted by atomic mass is 15.1. The molecule has 0 amide bonds. The molecule has 0 aliphatic carbocycles. The second-order valence-corrected chi connectivity index (χ2v) is 5.70. The number of fused-ring (bicyclic) bond motifs is 2. The van der Waals surface area contributed by atoms with Gasteiger partial charge in [0.1, 0.15) is 0 Å². The molecule has 0 aliphatic heterocycles. The largest absolute Gasteiger partial charge is 0.345 e. The molecule has 5 rings (SSSR count). The van der Waals surface area contributed by atoms with Crippen LogP contribution in [0, 0.1) is 0 Å². The lowest BCUT2D eigenvalue weighted by atomic mass is 10.1. The Morgan fingerprint density at radius 2 is 1.92 bits per heavy atom. The molecule has 0 radical (unpaired) electrons. The van der Waals surface area contributed by atoms with Gasteiger partial charge in [0.15, 0.2) is 0 Å². The zero-order valence-electron chi connectivity index (χ0n) is 13.1. The van der Waals surface area contributed by atoms with Gasteiger partial charge in [-0.1, -0.05) is 6.07 Å². The van der Waals surface area contributed by atoms with Gasteiger partial charge in [-0.05, 0) is 36.4 Å². The Balaban J connectivity index is 1.49. The van der Waals surface area contributed by atoms with Gasteiger partial charge in [0.05, 0.1) is 34.8 Å². The van der Waals surface area contributed by atoms with E-state index in [1.54, 1.807) is 18.7 Å². The summed E-state index contributed by atoms with van der Waals surface area (Å²) < 4.78 is 0. The van der Waals surface area contributed by atoms with Gasteiger partial charge in [-0.3, -0.25) is 5.10 Å². The van der Waals surface area contributed by atoms with Crippen molar-refractivity contribution in [3.8, 4) is 11.3 Å². The van der Waals surface area contributed by atoms with E-state index in [0.717, 1.165) is 38.9 Å². The second-order valence-electron chi connectivity index (χ2n) is 5.70. The van der Waals surface area contributed by atoms with Gasteiger partial charge >= 0.3 is 0 Å². The van der Waals surface area contributed by atoms with Crippen LogP contribution in [0.2, 0.25) is 0 Å². The summed E-state index contributed by atoms with van der Waals surface area (Å²) >= 11 is 0. The topological polar surface area (TPSA) is 95.2 Å². The van der Waals surface area contributed by atoms with Crippen molar-refractivity contribution >= 4 is 33.6 Å². The number of H-pyrrole nitrogens is 2. The van der Waals surface area contributed by atoms with Crippen LogP contribution < -0.4 is 5.32 Å². The molecule has 0 saturated heterocycles. The zero-order valence-corrected chi connectivity index (χ0v) is 13.1. The fourth-order valence-corrected chi connectivity index (χ4v) is 2.81. The number of hydrogen-bond donors (Lipinski definition) is 3. The number of nitrogens with one attached hydrogen (secondary N) is 3. The maximum absolute atomic E-state index is 4.61. The Labute approximate surface area is 142 Å². The quantitative estimate of drug-likeness (QED) is 0.470. The molecule has 25 heavy (non-hydrogen) atoms. The summed E-state index contributed by atoms with van der Waals surface area (Å²) in [4.78, 5) is 16.3. The van der Waals surface area contributed by atoms with Crippen LogP contribution >= 0.6 is 0 Å². The molecule has 0 atom stereocenters. The summed E-state index contributed by atoms with van der Waals surface area (Å²) in [5.41, 5.74) is 5.61. The molecule has 5 aromatic rings. The van der Waals surface area contributed by atoms with Gasteiger partial charge in [-0.15, -0.1) is 0 Å². The van der Waals surface area contributed by atoms with Crippen molar-refractivity contribution < 1.29 is 0 Å². The van der Waals surface area contributed by atoms with Crippen LogP contribution in [-0.2, 0) is 0 Å². The Kier molecular flexibility index (Phi) is 2.96. The first kappa shape index (κ1) is 13.7. The number of rotatable bonds is 3. The van der Waals surface area contributed by atoms with Crippen LogP contribution in [0.3, 0.4) is 0 Å². The highest BCUT2D eigenvalue weighted by Crippen LogP contribution is 2.23. The summed E-state index contributed by atoms with van der Waals surface area (Å²) in [7, 11) is 0. The van der Waals surface area contributed by atoms with E-state index in [1.807, 2.05) is 42.5 Å². The monoisotopic (exact) mass is 327 g/mol. The predicted molar refractivity (Wildman–Crippen MR) is 96.5 cm³/mol. The lowest BCUT2D eigenvalue weighted by molar-refractivity contribution is 1.12. The summed E-state index contributed by atoms with van der Waals surface area (Å²) in [6, 6.07) is 13.9. The number of aromatic amines is 2. The van der Waals surface area contributed by atoms with Crippen molar-refractivity contribution in [3.05, 3.63) is 61.2 Å². The Bertz CT molecular complexity index is 1190. The average Bonchev–Trinajstić information content (AvgIpc) is 3.30. The van der Waals surface area contributed by atoms with Crippen molar-refractivity contribution in [2.45, 2.75) is 0 Å². The molecule has 0 fully saturated rings. The number of hydrogen-bond acceptors (Lipinski definition) is 5. The van der Waals surface area contributed by atoms with E-state index in [0.29, 0.717) is 5.95 Å². The maximum Gasteiger partial charge on any atom is 0.227 e. The zero-order chi connectivity index (χ0) is 16.6. The fraction of sp³-hybridized carbons (Fsp3) is 0. The molecule has 0 saturated carbocycles. The molecule has 7 nitrogen and oxygen atoms in total. The van der Waals surface area contributed by atoms with Gasteiger partial charge in [0.25, 0.3) is 0 Å². The third-order valence-corrected chi connectivity index (χ3v) is 4.07. The standard InChI is InChI=1S/C18H13N7/c1-3-13(8-16-12(1)9-22-25-16)23-18-19-6-5-14(24-18)11-2-4-15-17(7-11)21-10-20-15/h1-10H,(H,20,21)(H,22,25)(H,19,23,24). The Hall–Kier alpha value is -3.74. The normalized spacial score (nSPS) is 11.2. The molecule has 0 spiro atoms. The molecular weight excluding hydrogens is 314 g/mol. The van der Waals surface area contributed by atoms with Gasteiger partial charge in [-0.25, -0.2) is 15.0 Å². The van der Waals surface area contributed by atoms with Gasteiger partial charge in [-0.2, -0.15) is 5.10 Å². The van der Waals surface area contributed by atoms with E-state index in [9.17, 15) is 0 Å². The van der Waals surface area contributed by atoms with Crippen LogP contribution in [0.1, 0.15) is 0 Å². The van der Waals surface area contributed by atoms with E-state index >= 15 is 0 Å². The highest BCUT2D eigenvalue weighted by molar-refractivity contribution is 5.83. The number of benzene rings is 2. The molecule has 3 aromatic heterocycles. The molecule has 3 N–H and O–H groups in total. The molecule has 3 heterocycles. The summed E-state index contributed by atoms with van der Waals surface area (Å²) in [5, 5.41) is 11.3. The van der Waals surface area contributed by atoms with E-state index in [-0.39, 0.29) is 0 Å². The first-order chi connectivity index (χ1) is 12.3. The van der Waals surface area contributed by atoms with Crippen LogP contribution in [-0.4, -0.2) is 30.1 Å². The van der Waals surface area contributed by atoms with Crippen LogP contribution in [0.25, 0.3) is 33.2 Å². The summed E-state index contributed by atoms with van der Waals surface area (Å²) in [5.74, 6) is 0.540. The highest BCUT2D eigenvalue weighted by Gasteiger charge is 2.06. The lowest BCUT2D eigenvalue weighted by Gasteiger charge is -2.07. The van der Waals surface area contributed by atoms with Crippen molar-refractivity contribution in [2.75, 3.05) is 5.32 Å². The molecule has 0 bridgehead atoms. The minimum atomic E-state index is 0.540. The minimum Gasteiger partial charge on any atom is -0.345 e. The second kappa shape index (κ2) is 5.41. The fourth-order valence-electron chi connectivity index (χ4n) is 2.81. The predicted octanol–water partition coefficient (Wildman–Crippen LogP) is 3.64. The van der Waals surface area contributed by atoms with Gasteiger partial charge < -0.3 is 10.3 Å². The van der Waals surface area contributed by atoms with Gasteiger partial charge in [0, 0.05) is 22.8 Å². The number of imidazole rings is 1. The molecule has 0 aliphatic rings. The van der Waals surface area contributed by atoms with E-state index < -0.39 is 0 Å². The first-order valence-corrected chi connectivity index (χ1v) is 7.82. The third kappa shape index (κ3) is 2.47.